The van der Waals surface area contributed by atoms with Gasteiger partial charge in [-0.2, -0.15) is 0 Å². The number of pyridine rings is 1. The lowest BCUT2D eigenvalue weighted by Crippen LogP contribution is -2.33. The van der Waals surface area contributed by atoms with Crippen LogP contribution in [-0.4, -0.2) is 38.9 Å². The van der Waals surface area contributed by atoms with Gasteiger partial charge in [0.25, 0.3) is 5.88 Å². The predicted octanol–water partition coefficient (Wildman–Crippen LogP) is 3.58. The topological polar surface area (TPSA) is 61.8 Å². The Morgan fingerprint density at radius 1 is 1.08 bits per heavy atom. The first-order valence-electron chi connectivity index (χ1n) is 8.91. The van der Waals surface area contributed by atoms with Gasteiger partial charge in [-0.1, -0.05) is 6.07 Å². The fourth-order valence-electron chi connectivity index (χ4n) is 3.02. The van der Waals surface area contributed by atoms with E-state index in [4.69, 9.17) is 18.9 Å². The minimum absolute atomic E-state index is 0.431. The molecule has 0 radical (unpaired) electrons. The largest absolute Gasteiger partial charge is 0.493 e. The zero-order chi connectivity index (χ0) is 18.4. The Hall–Kier alpha value is -2.47. The number of piperidine rings is 1. The summed E-state index contributed by atoms with van der Waals surface area (Å²) in [5, 5.41) is 3.41. The molecule has 1 aromatic carbocycles. The molecular weight excluding hydrogens is 332 g/mol. The highest BCUT2D eigenvalue weighted by Crippen LogP contribution is 2.40. The Balaban J connectivity index is 1.80. The molecule has 0 saturated carbocycles. The number of aromatic nitrogens is 1. The minimum Gasteiger partial charge on any atom is -0.493 e. The van der Waals surface area contributed by atoms with Crippen LogP contribution in [-0.2, 0) is 0 Å². The first-order valence-corrected chi connectivity index (χ1v) is 8.91. The van der Waals surface area contributed by atoms with Gasteiger partial charge >= 0.3 is 0 Å². The number of aryl methyl sites for hydroxylation is 1. The van der Waals surface area contributed by atoms with E-state index in [1.807, 2.05) is 37.3 Å². The summed E-state index contributed by atoms with van der Waals surface area (Å²) in [4.78, 5) is 4.50. The van der Waals surface area contributed by atoms with E-state index < -0.39 is 0 Å². The van der Waals surface area contributed by atoms with Gasteiger partial charge in [0.05, 0.1) is 20.8 Å². The third-order valence-corrected chi connectivity index (χ3v) is 4.41. The van der Waals surface area contributed by atoms with Crippen molar-refractivity contribution in [1.29, 1.82) is 0 Å². The fraction of sp³-hybridized carbons (Fsp3) is 0.450. The summed E-state index contributed by atoms with van der Waals surface area (Å²) in [6.07, 6.45) is 2.36. The van der Waals surface area contributed by atoms with Crippen molar-refractivity contribution < 1.29 is 18.9 Å². The van der Waals surface area contributed by atoms with Crippen LogP contribution >= 0.6 is 0 Å². The standard InChI is InChI=1S/C20H26N2O4/c1-14-9-10-18(25-13-15-6-5-11-21-12-15)20(22-14)26-17-8-4-7-16(23-2)19(17)24-3/h4,7-10,15,21H,5-6,11-13H2,1-3H3/t15-/m0/s1. The fourth-order valence-corrected chi connectivity index (χ4v) is 3.02. The smallest absolute Gasteiger partial charge is 0.262 e. The number of nitrogens with zero attached hydrogens (tertiary/aromatic N) is 1. The molecule has 0 spiro atoms. The van der Waals surface area contributed by atoms with Gasteiger partial charge in [-0.15, -0.1) is 0 Å². The second kappa shape index (κ2) is 8.76. The van der Waals surface area contributed by atoms with Crippen molar-refractivity contribution in [3.05, 3.63) is 36.0 Å². The summed E-state index contributed by atoms with van der Waals surface area (Å²) in [6, 6.07) is 9.31. The molecule has 0 amide bonds. The third kappa shape index (κ3) is 4.38. The van der Waals surface area contributed by atoms with Crippen molar-refractivity contribution in [2.45, 2.75) is 19.8 Å². The maximum atomic E-state index is 6.04. The van der Waals surface area contributed by atoms with Crippen LogP contribution in [0.25, 0.3) is 0 Å². The van der Waals surface area contributed by atoms with Gasteiger partial charge in [0.15, 0.2) is 17.2 Å². The van der Waals surface area contributed by atoms with E-state index >= 15 is 0 Å². The molecule has 6 heteroatoms. The number of benzene rings is 1. The lowest BCUT2D eigenvalue weighted by molar-refractivity contribution is 0.211. The van der Waals surface area contributed by atoms with Gasteiger partial charge in [-0.3, -0.25) is 0 Å². The van der Waals surface area contributed by atoms with E-state index in [1.165, 1.54) is 12.8 Å². The van der Waals surface area contributed by atoms with Crippen molar-refractivity contribution in [2.24, 2.45) is 5.92 Å². The molecule has 26 heavy (non-hydrogen) atoms. The zero-order valence-electron chi connectivity index (χ0n) is 15.6. The van der Waals surface area contributed by atoms with E-state index in [-0.39, 0.29) is 0 Å². The average Bonchev–Trinajstić information content (AvgIpc) is 2.68. The Bertz CT molecular complexity index is 730. The lowest BCUT2D eigenvalue weighted by atomic mass is 10.0. The van der Waals surface area contributed by atoms with Crippen LogP contribution < -0.4 is 24.3 Å². The van der Waals surface area contributed by atoms with E-state index in [0.717, 1.165) is 18.8 Å². The van der Waals surface area contributed by atoms with Crippen molar-refractivity contribution in [2.75, 3.05) is 33.9 Å². The van der Waals surface area contributed by atoms with Gasteiger partial charge in [-0.25, -0.2) is 4.98 Å². The van der Waals surface area contributed by atoms with Crippen LogP contribution in [0.3, 0.4) is 0 Å². The molecule has 1 atom stereocenters. The van der Waals surface area contributed by atoms with E-state index in [0.29, 0.717) is 41.4 Å². The number of ether oxygens (including phenoxy) is 4. The van der Waals surface area contributed by atoms with Crippen LogP contribution in [0.4, 0.5) is 0 Å². The summed E-state index contributed by atoms with van der Waals surface area (Å²) in [5.41, 5.74) is 0.855. The van der Waals surface area contributed by atoms with Crippen LogP contribution in [0.15, 0.2) is 30.3 Å². The molecule has 2 heterocycles. The summed E-state index contributed by atoms with van der Waals surface area (Å²) in [5.74, 6) is 3.24. The quantitative estimate of drug-likeness (QED) is 0.816. The number of para-hydroxylation sites is 1. The number of hydrogen-bond acceptors (Lipinski definition) is 6. The Morgan fingerprint density at radius 2 is 1.92 bits per heavy atom. The van der Waals surface area contributed by atoms with Crippen molar-refractivity contribution in [1.82, 2.24) is 10.3 Å². The molecule has 1 N–H and O–H groups in total. The van der Waals surface area contributed by atoms with Crippen LogP contribution in [0.1, 0.15) is 18.5 Å². The number of methoxy groups -OCH3 is 2. The molecule has 0 bridgehead atoms. The monoisotopic (exact) mass is 358 g/mol. The van der Waals surface area contributed by atoms with Crippen molar-refractivity contribution in [3.8, 4) is 28.9 Å². The molecule has 1 aliphatic rings. The summed E-state index contributed by atoms with van der Waals surface area (Å²) >= 11 is 0. The number of hydrogen-bond donors (Lipinski definition) is 1. The maximum absolute atomic E-state index is 6.04. The van der Waals surface area contributed by atoms with Gasteiger partial charge in [0.1, 0.15) is 0 Å². The molecule has 1 aromatic heterocycles. The maximum Gasteiger partial charge on any atom is 0.262 e. The Morgan fingerprint density at radius 3 is 2.65 bits per heavy atom. The van der Waals surface area contributed by atoms with Gasteiger partial charge in [0.2, 0.25) is 5.75 Å². The highest BCUT2D eigenvalue weighted by molar-refractivity contribution is 5.53. The predicted molar refractivity (Wildman–Crippen MR) is 99.7 cm³/mol. The molecule has 3 rings (SSSR count). The third-order valence-electron chi connectivity index (χ3n) is 4.41. The number of nitrogens with one attached hydrogen (secondary N) is 1. The molecular formula is C20H26N2O4. The normalized spacial score (nSPS) is 16.8. The SMILES string of the molecule is COc1cccc(Oc2nc(C)ccc2OC[C@H]2CCCNC2)c1OC. The van der Waals surface area contributed by atoms with E-state index in [9.17, 15) is 0 Å². The summed E-state index contributed by atoms with van der Waals surface area (Å²) in [6.45, 7) is 4.64. The molecule has 1 saturated heterocycles. The van der Waals surface area contributed by atoms with Gasteiger partial charge < -0.3 is 24.3 Å². The van der Waals surface area contributed by atoms with Crippen molar-refractivity contribution >= 4 is 0 Å². The van der Waals surface area contributed by atoms with Crippen LogP contribution in [0, 0.1) is 12.8 Å². The molecule has 1 aliphatic heterocycles. The minimum atomic E-state index is 0.431. The first-order chi connectivity index (χ1) is 12.7. The van der Waals surface area contributed by atoms with Crippen LogP contribution in [0.2, 0.25) is 0 Å². The zero-order valence-corrected chi connectivity index (χ0v) is 15.6. The summed E-state index contributed by atoms with van der Waals surface area (Å²) < 4.78 is 22.8. The average molecular weight is 358 g/mol. The Kier molecular flexibility index (Phi) is 6.17. The highest BCUT2D eigenvalue weighted by atomic mass is 16.6. The molecule has 0 unspecified atom stereocenters. The Labute approximate surface area is 154 Å². The van der Waals surface area contributed by atoms with Crippen molar-refractivity contribution in [3.63, 3.8) is 0 Å². The first kappa shape index (κ1) is 18.3. The van der Waals surface area contributed by atoms with Gasteiger partial charge in [-0.05, 0) is 50.6 Å². The molecule has 1 fully saturated rings. The van der Waals surface area contributed by atoms with E-state index in [2.05, 4.69) is 10.3 Å². The highest BCUT2D eigenvalue weighted by Gasteiger charge is 2.18. The lowest BCUT2D eigenvalue weighted by Gasteiger charge is -2.23. The molecule has 0 aliphatic carbocycles. The van der Waals surface area contributed by atoms with E-state index in [1.54, 1.807) is 14.2 Å². The second-order valence-corrected chi connectivity index (χ2v) is 6.37. The molecule has 140 valence electrons. The second-order valence-electron chi connectivity index (χ2n) is 6.37. The number of rotatable bonds is 7. The van der Waals surface area contributed by atoms with Crippen LogP contribution in [0.5, 0.6) is 28.9 Å². The molecule has 2 aromatic rings. The van der Waals surface area contributed by atoms with Gasteiger partial charge in [0, 0.05) is 18.2 Å². The molecule has 6 nitrogen and oxygen atoms in total. The summed E-state index contributed by atoms with van der Waals surface area (Å²) in [7, 11) is 3.18.